The highest BCUT2D eigenvalue weighted by atomic mass is 15.0. The van der Waals surface area contributed by atoms with Gasteiger partial charge in [0, 0.05) is 33.7 Å². The summed E-state index contributed by atoms with van der Waals surface area (Å²) in [5, 5.41) is 6.41. The van der Waals surface area contributed by atoms with Gasteiger partial charge in [0.2, 0.25) is 0 Å². The van der Waals surface area contributed by atoms with Crippen LogP contribution in [0.5, 0.6) is 0 Å². The van der Waals surface area contributed by atoms with Crippen LogP contribution >= 0.6 is 0 Å². The van der Waals surface area contributed by atoms with E-state index in [2.05, 4.69) is 131 Å². The second kappa shape index (κ2) is 6.60. The second-order valence-corrected chi connectivity index (χ2v) is 8.30. The predicted octanol–water partition coefficient (Wildman–Crippen LogP) is 7.88. The van der Waals surface area contributed by atoms with Gasteiger partial charge in [0.05, 0.1) is 16.6 Å². The van der Waals surface area contributed by atoms with Crippen LogP contribution in [0.3, 0.4) is 0 Å². The van der Waals surface area contributed by atoms with Crippen molar-refractivity contribution in [3.05, 3.63) is 121 Å². The maximum Gasteiger partial charge on any atom is 0.0547 e. The van der Waals surface area contributed by atoms with Gasteiger partial charge in [-0.3, -0.25) is 0 Å². The normalized spacial score (nSPS) is 11.8. The van der Waals surface area contributed by atoms with Crippen LogP contribution in [0.2, 0.25) is 0 Å². The van der Waals surface area contributed by atoms with Crippen LogP contribution in [0.15, 0.2) is 121 Å². The molecule has 0 unspecified atom stereocenters. The van der Waals surface area contributed by atoms with E-state index in [1.165, 1.54) is 54.9 Å². The summed E-state index contributed by atoms with van der Waals surface area (Å²) in [6, 6.07) is 41.3. The number of nitrogens with zero attached hydrogens (tertiary/aromatic N) is 2. The molecule has 0 atom stereocenters. The third kappa shape index (κ3) is 2.41. The Bertz CT molecular complexity index is 1750. The van der Waals surface area contributed by atoms with Crippen LogP contribution < -0.4 is 0 Å². The Morgan fingerprint density at radius 3 is 1.91 bits per heavy atom. The number of para-hydroxylation sites is 3. The van der Waals surface area contributed by atoms with Gasteiger partial charge in [0.25, 0.3) is 0 Å². The summed E-state index contributed by atoms with van der Waals surface area (Å²) in [5.41, 5.74) is 6.08. The van der Waals surface area contributed by atoms with Gasteiger partial charge < -0.3 is 9.13 Å². The molecule has 7 rings (SSSR count). The topological polar surface area (TPSA) is 9.86 Å². The molecule has 0 N–H and O–H groups in total. The molecule has 0 radical (unpaired) electrons. The van der Waals surface area contributed by atoms with Crippen molar-refractivity contribution in [1.29, 1.82) is 0 Å². The molecule has 0 bridgehead atoms. The van der Waals surface area contributed by atoms with Crippen molar-refractivity contribution < 1.29 is 0 Å². The van der Waals surface area contributed by atoms with Gasteiger partial charge in [0.1, 0.15) is 0 Å². The largest absolute Gasteiger partial charge is 0.317 e. The van der Waals surface area contributed by atoms with E-state index in [0.717, 1.165) is 0 Å². The Morgan fingerprint density at radius 1 is 0.406 bits per heavy atom. The first kappa shape index (κ1) is 17.4. The van der Waals surface area contributed by atoms with Crippen LogP contribution in [0, 0.1) is 0 Å². The number of hydrogen-bond acceptors (Lipinski definition) is 0. The lowest BCUT2D eigenvalue weighted by atomic mass is 10.0. The van der Waals surface area contributed by atoms with Crippen LogP contribution in [-0.2, 0) is 0 Å². The van der Waals surface area contributed by atoms with Crippen LogP contribution in [0.4, 0.5) is 0 Å². The summed E-state index contributed by atoms with van der Waals surface area (Å²) in [6.07, 6.45) is 2.18. The third-order valence-corrected chi connectivity index (χ3v) is 6.53. The SMILES string of the molecule is c1ccc(-n2ccc3c4cc5c6ccccc6n(-c6ccccc6)c5cc4ccc32)cc1. The van der Waals surface area contributed by atoms with Crippen LogP contribution in [-0.4, -0.2) is 9.13 Å². The van der Waals surface area contributed by atoms with Crippen molar-refractivity contribution in [1.82, 2.24) is 9.13 Å². The average molecular weight is 409 g/mol. The molecule has 0 amide bonds. The monoisotopic (exact) mass is 408 g/mol. The van der Waals surface area contributed by atoms with Gasteiger partial charge in [-0.1, -0.05) is 60.7 Å². The van der Waals surface area contributed by atoms with E-state index in [0.29, 0.717) is 0 Å². The summed E-state index contributed by atoms with van der Waals surface area (Å²) >= 11 is 0. The fourth-order valence-corrected chi connectivity index (χ4v) is 5.08. The molecule has 0 saturated carbocycles. The van der Waals surface area contributed by atoms with Crippen molar-refractivity contribution in [3.63, 3.8) is 0 Å². The highest BCUT2D eigenvalue weighted by Crippen LogP contribution is 2.37. The Labute approximate surface area is 185 Å². The zero-order valence-electron chi connectivity index (χ0n) is 17.4. The zero-order valence-corrected chi connectivity index (χ0v) is 17.4. The minimum Gasteiger partial charge on any atom is -0.317 e. The van der Waals surface area contributed by atoms with Gasteiger partial charge in [-0.25, -0.2) is 0 Å². The first-order valence-electron chi connectivity index (χ1n) is 11.0. The lowest BCUT2D eigenvalue weighted by Gasteiger charge is -2.09. The molecule has 7 aromatic rings. The molecule has 2 heterocycles. The molecule has 2 heteroatoms. The molecule has 0 aliphatic rings. The molecule has 5 aromatic carbocycles. The average Bonchev–Trinajstić information content (AvgIpc) is 3.43. The summed E-state index contributed by atoms with van der Waals surface area (Å²) in [4.78, 5) is 0. The summed E-state index contributed by atoms with van der Waals surface area (Å²) in [7, 11) is 0. The van der Waals surface area contributed by atoms with E-state index < -0.39 is 0 Å². The quantitative estimate of drug-likeness (QED) is 0.275. The van der Waals surface area contributed by atoms with E-state index in [-0.39, 0.29) is 0 Å². The fraction of sp³-hybridized carbons (Fsp3) is 0. The maximum absolute atomic E-state index is 2.38. The third-order valence-electron chi connectivity index (χ3n) is 6.53. The van der Waals surface area contributed by atoms with Gasteiger partial charge in [-0.15, -0.1) is 0 Å². The molecule has 32 heavy (non-hydrogen) atoms. The molecule has 0 fully saturated rings. The number of fused-ring (bicyclic) bond motifs is 6. The minimum atomic E-state index is 1.18. The van der Waals surface area contributed by atoms with E-state index in [4.69, 9.17) is 0 Å². The standard InChI is InChI=1S/C30H20N2/c1-3-9-22(10-4-1)31-18-17-25-26-20-27-24-13-7-8-14-29(24)32(23-11-5-2-6-12-23)30(27)19-21(26)15-16-28(25)31/h1-20H. The van der Waals surface area contributed by atoms with Crippen molar-refractivity contribution >= 4 is 43.5 Å². The Kier molecular flexibility index (Phi) is 3.58. The Hall–Kier alpha value is -4.30. The molecule has 0 aliphatic heterocycles. The molecule has 2 aromatic heterocycles. The van der Waals surface area contributed by atoms with Crippen LogP contribution in [0.1, 0.15) is 0 Å². The van der Waals surface area contributed by atoms with Crippen molar-refractivity contribution in [2.45, 2.75) is 0 Å². The molecule has 2 nitrogen and oxygen atoms in total. The highest BCUT2D eigenvalue weighted by Gasteiger charge is 2.14. The van der Waals surface area contributed by atoms with E-state index in [1.807, 2.05) is 0 Å². The van der Waals surface area contributed by atoms with Gasteiger partial charge >= 0.3 is 0 Å². The molecular formula is C30H20N2. The highest BCUT2D eigenvalue weighted by molar-refractivity contribution is 6.18. The van der Waals surface area contributed by atoms with Crippen LogP contribution in [0.25, 0.3) is 54.9 Å². The molecular weight excluding hydrogens is 388 g/mol. The summed E-state index contributed by atoms with van der Waals surface area (Å²) < 4.78 is 4.65. The fourth-order valence-electron chi connectivity index (χ4n) is 5.08. The van der Waals surface area contributed by atoms with E-state index >= 15 is 0 Å². The molecule has 0 saturated heterocycles. The molecule has 0 aliphatic carbocycles. The number of aromatic nitrogens is 2. The smallest absolute Gasteiger partial charge is 0.0547 e. The van der Waals surface area contributed by atoms with Gasteiger partial charge in [0.15, 0.2) is 0 Å². The first-order chi connectivity index (χ1) is 15.9. The van der Waals surface area contributed by atoms with Gasteiger partial charge in [-0.05, 0) is 65.4 Å². The predicted molar refractivity (Wildman–Crippen MR) is 135 cm³/mol. The second-order valence-electron chi connectivity index (χ2n) is 8.30. The van der Waals surface area contributed by atoms with Crippen molar-refractivity contribution in [3.8, 4) is 11.4 Å². The number of hydrogen-bond donors (Lipinski definition) is 0. The van der Waals surface area contributed by atoms with Crippen molar-refractivity contribution in [2.75, 3.05) is 0 Å². The first-order valence-corrected chi connectivity index (χ1v) is 11.0. The minimum absolute atomic E-state index is 1.18. The van der Waals surface area contributed by atoms with Crippen molar-refractivity contribution in [2.24, 2.45) is 0 Å². The summed E-state index contributed by atoms with van der Waals surface area (Å²) in [6.45, 7) is 0. The molecule has 150 valence electrons. The van der Waals surface area contributed by atoms with E-state index in [1.54, 1.807) is 0 Å². The lowest BCUT2D eigenvalue weighted by Crippen LogP contribution is -1.93. The summed E-state index contributed by atoms with van der Waals surface area (Å²) in [5.74, 6) is 0. The Balaban J connectivity index is 1.59. The number of benzene rings is 5. The van der Waals surface area contributed by atoms with Gasteiger partial charge in [-0.2, -0.15) is 0 Å². The maximum atomic E-state index is 2.38. The van der Waals surface area contributed by atoms with E-state index in [9.17, 15) is 0 Å². The molecule has 0 spiro atoms. The zero-order chi connectivity index (χ0) is 21.1. The number of rotatable bonds is 2. The lowest BCUT2D eigenvalue weighted by molar-refractivity contribution is 1.13. The Morgan fingerprint density at radius 2 is 1.09 bits per heavy atom.